The number of aryl methyl sites for hydroxylation is 1. The van der Waals surface area contributed by atoms with E-state index in [9.17, 15) is 9.59 Å². The summed E-state index contributed by atoms with van der Waals surface area (Å²) in [6, 6.07) is 6.02. The molecule has 0 radical (unpaired) electrons. The molecule has 1 aromatic rings. The minimum Gasteiger partial charge on any atom is -0.342 e. The summed E-state index contributed by atoms with van der Waals surface area (Å²) in [7, 11) is 0. The van der Waals surface area contributed by atoms with Crippen LogP contribution in [0.4, 0.5) is 5.69 Å². The quantitative estimate of drug-likeness (QED) is 0.858. The van der Waals surface area contributed by atoms with Crippen molar-refractivity contribution in [1.82, 2.24) is 4.90 Å². The van der Waals surface area contributed by atoms with Gasteiger partial charge in [-0.3, -0.25) is 9.59 Å². The lowest BCUT2D eigenvalue weighted by molar-refractivity contribution is -0.134. The third kappa shape index (κ3) is 4.81. The van der Waals surface area contributed by atoms with Crippen molar-refractivity contribution in [3.8, 4) is 0 Å². The lowest BCUT2D eigenvalue weighted by atomic mass is 9.98. The predicted molar refractivity (Wildman–Crippen MR) is 93.6 cm³/mol. The van der Waals surface area contributed by atoms with Crippen molar-refractivity contribution in [3.05, 3.63) is 29.3 Å². The average Bonchev–Trinajstić information content (AvgIpc) is 2.78. The first-order chi connectivity index (χ1) is 11.0. The minimum atomic E-state index is -0.213. The zero-order valence-electron chi connectivity index (χ0n) is 14.5. The summed E-state index contributed by atoms with van der Waals surface area (Å²) < 4.78 is 0. The van der Waals surface area contributed by atoms with E-state index < -0.39 is 0 Å². The van der Waals surface area contributed by atoms with Crippen LogP contribution in [0, 0.1) is 6.92 Å². The fourth-order valence-electron chi connectivity index (χ4n) is 3.10. The van der Waals surface area contributed by atoms with Gasteiger partial charge in [-0.05, 0) is 36.8 Å². The van der Waals surface area contributed by atoms with E-state index in [1.165, 1.54) is 12.8 Å². The number of hydrogen-bond donors (Lipinski definition) is 1. The minimum absolute atomic E-state index is 0.0518. The second-order valence-corrected chi connectivity index (χ2v) is 6.71. The number of hydrogen-bond acceptors (Lipinski definition) is 2. The Bertz CT molecular complexity index is 558. The molecule has 1 fully saturated rings. The summed E-state index contributed by atoms with van der Waals surface area (Å²) >= 11 is 0. The number of likely N-dealkylation sites (tertiary alicyclic amines) is 1. The van der Waals surface area contributed by atoms with Crippen LogP contribution in [-0.2, 0) is 9.59 Å². The number of rotatable bonds is 4. The molecule has 0 bridgehead atoms. The first-order valence-corrected chi connectivity index (χ1v) is 8.66. The maximum absolute atomic E-state index is 12.3. The van der Waals surface area contributed by atoms with E-state index in [-0.39, 0.29) is 18.2 Å². The highest BCUT2D eigenvalue weighted by molar-refractivity contribution is 6.04. The summed E-state index contributed by atoms with van der Waals surface area (Å²) in [4.78, 5) is 26.5. The largest absolute Gasteiger partial charge is 0.342 e. The van der Waals surface area contributed by atoms with Crippen LogP contribution in [0.15, 0.2) is 18.2 Å². The number of carbonyl (C=O) groups excluding carboxylic acids is 2. The van der Waals surface area contributed by atoms with Gasteiger partial charge in [0.25, 0.3) is 0 Å². The molecule has 1 aromatic carbocycles. The van der Waals surface area contributed by atoms with Crippen molar-refractivity contribution in [3.63, 3.8) is 0 Å². The molecule has 0 unspecified atom stereocenters. The maximum Gasteiger partial charge on any atom is 0.233 e. The molecule has 1 aliphatic heterocycles. The molecule has 4 nitrogen and oxygen atoms in total. The van der Waals surface area contributed by atoms with Crippen LogP contribution in [0.5, 0.6) is 0 Å². The molecule has 2 amide bonds. The number of amides is 2. The monoisotopic (exact) mass is 316 g/mol. The number of carbonyl (C=O) groups is 2. The van der Waals surface area contributed by atoms with Crippen molar-refractivity contribution in [2.75, 3.05) is 18.4 Å². The van der Waals surface area contributed by atoms with E-state index in [4.69, 9.17) is 0 Å². The highest BCUT2D eigenvalue weighted by Gasteiger charge is 2.20. The molecule has 0 saturated carbocycles. The number of anilines is 1. The molecule has 23 heavy (non-hydrogen) atoms. The average molecular weight is 316 g/mol. The predicted octanol–water partition coefficient (Wildman–Crippen LogP) is 3.85. The maximum atomic E-state index is 12.3. The Morgan fingerprint density at radius 1 is 1.13 bits per heavy atom. The topological polar surface area (TPSA) is 49.4 Å². The van der Waals surface area contributed by atoms with E-state index in [0.29, 0.717) is 5.92 Å². The summed E-state index contributed by atoms with van der Waals surface area (Å²) in [6.07, 6.45) is 4.38. The van der Waals surface area contributed by atoms with Crippen LogP contribution in [0.3, 0.4) is 0 Å². The zero-order chi connectivity index (χ0) is 16.8. The van der Waals surface area contributed by atoms with Gasteiger partial charge in [0.05, 0.1) is 0 Å². The first kappa shape index (κ1) is 17.5. The SMILES string of the molecule is Cc1cccc(C(C)C)c1NC(=O)CC(=O)N1CCCCCC1. The van der Waals surface area contributed by atoms with Crippen LogP contribution < -0.4 is 5.32 Å². The fourth-order valence-corrected chi connectivity index (χ4v) is 3.10. The van der Waals surface area contributed by atoms with Gasteiger partial charge in [-0.25, -0.2) is 0 Å². The molecule has 126 valence electrons. The number of para-hydroxylation sites is 1. The second-order valence-electron chi connectivity index (χ2n) is 6.71. The smallest absolute Gasteiger partial charge is 0.233 e. The molecule has 0 atom stereocenters. The number of nitrogens with one attached hydrogen (secondary N) is 1. The lowest BCUT2D eigenvalue weighted by Crippen LogP contribution is -2.34. The van der Waals surface area contributed by atoms with E-state index in [0.717, 1.165) is 42.7 Å². The van der Waals surface area contributed by atoms with E-state index in [1.807, 2.05) is 30.0 Å². The summed E-state index contributed by atoms with van der Waals surface area (Å²) in [5, 5.41) is 2.96. The second kappa shape index (κ2) is 8.14. The third-order valence-corrected chi connectivity index (χ3v) is 4.46. The number of nitrogens with zero attached hydrogens (tertiary/aromatic N) is 1. The Morgan fingerprint density at radius 3 is 2.39 bits per heavy atom. The molecule has 0 aromatic heterocycles. The molecule has 1 heterocycles. The van der Waals surface area contributed by atoms with E-state index >= 15 is 0 Å². The molecule has 1 aliphatic rings. The van der Waals surface area contributed by atoms with Gasteiger partial charge in [0.2, 0.25) is 11.8 Å². The van der Waals surface area contributed by atoms with Gasteiger partial charge in [0, 0.05) is 18.8 Å². The van der Waals surface area contributed by atoms with Crippen LogP contribution in [0.2, 0.25) is 0 Å². The summed E-state index contributed by atoms with van der Waals surface area (Å²) in [6.45, 7) is 7.76. The number of benzene rings is 1. The van der Waals surface area contributed by atoms with Crippen molar-refractivity contribution < 1.29 is 9.59 Å². The van der Waals surface area contributed by atoms with E-state index in [1.54, 1.807) is 0 Å². The molecule has 0 spiro atoms. The van der Waals surface area contributed by atoms with Crippen molar-refractivity contribution >= 4 is 17.5 Å². The van der Waals surface area contributed by atoms with Gasteiger partial charge in [-0.15, -0.1) is 0 Å². The molecule has 1 saturated heterocycles. The van der Waals surface area contributed by atoms with Crippen LogP contribution in [-0.4, -0.2) is 29.8 Å². The zero-order valence-corrected chi connectivity index (χ0v) is 14.5. The first-order valence-electron chi connectivity index (χ1n) is 8.66. The normalized spacial score (nSPS) is 15.4. The Labute approximate surface area is 139 Å². The van der Waals surface area contributed by atoms with Crippen molar-refractivity contribution in [2.24, 2.45) is 0 Å². The third-order valence-electron chi connectivity index (χ3n) is 4.46. The Hall–Kier alpha value is -1.84. The Kier molecular flexibility index (Phi) is 6.20. The molecule has 1 N–H and O–H groups in total. The van der Waals surface area contributed by atoms with Gasteiger partial charge in [-0.1, -0.05) is 44.9 Å². The fraction of sp³-hybridized carbons (Fsp3) is 0.579. The molecular weight excluding hydrogens is 288 g/mol. The van der Waals surface area contributed by atoms with Crippen LogP contribution in [0.1, 0.15) is 63.0 Å². The van der Waals surface area contributed by atoms with Gasteiger partial charge in [0.15, 0.2) is 0 Å². The van der Waals surface area contributed by atoms with Crippen molar-refractivity contribution in [2.45, 2.75) is 58.8 Å². The Morgan fingerprint density at radius 2 is 1.78 bits per heavy atom. The molecular formula is C19H28N2O2. The molecule has 2 rings (SSSR count). The highest BCUT2D eigenvalue weighted by Crippen LogP contribution is 2.27. The lowest BCUT2D eigenvalue weighted by Gasteiger charge is -2.21. The van der Waals surface area contributed by atoms with Gasteiger partial charge >= 0.3 is 0 Å². The highest BCUT2D eigenvalue weighted by atomic mass is 16.2. The summed E-state index contributed by atoms with van der Waals surface area (Å²) in [5.41, 5.74) is 3.00. The van der Waals surface area contributed by atoms with Gasteiger partial charge in [0.1, 0.15) is 6.42 Å². The van der Waals surface area contributed by atoms with Gasteiger partial charge in [-0.2, -0.15) is 0 Å². The van der Waals surface area contributed by atoms with Crippen molar-refractivity contribution in [1.29, 1.82) is 0 Å². The van der Waals surface area contributed by atoms with Crippen LogP contribution in [0.25, 0.3) is 0 Å². The molecule has 0 aliphatic carbocycles. The van der Waals surface area contributed by atoms with Gasteiger partial charge < -0.3 is 10.2 Å². The van der Waals surface area contributed by atoms with Crippen LogP contribution >= 0.6 is 0 Å². The summed E-state index contributed by atoms with van der Waals surface area (Å²) in [5.74, 6) is 0.0611. The van der Waals surface area contributed by atoms with E-state index in [2.05, 4.69) is 19.2 Å². The Balaban J connectivity index is 2.01. The standard InChI is InChI=1S/C19H28N2O2/c1-14(2)16-10-8-9-15(3)19(16)20-17(22)13-18(23)21-11-6-4-5-7-12-21/h8-10,14H,4-7,11-13H2,1-3H3,(H,20,22). The molecule has 4 heteroatoms.